The second kappa shape index (κ2) is 8.05. The molecule has 6 nitrogen and oxygen atoms in total. The van der Waals surface area contributed by atoms with E-state index in [-0.39, 0.29) is 18.2 Å². The van der Waals surface area contributed by atoms with Crippen molar-refractivity contribution in [1.82, 2.24) is 0 Å². The smallest absolute Gasteiger partial charge is 0.247 e. The maximum Gasteiger partial charge on any atom is 0.247 e. The minimum Gasteiger partial charge on any atom is -0.345 e. The van der Waals surface area contributed by atoms with Crippen molar-refractivity contribution in [2.75, 3.05) is 27.3 Å². The van der Waals surface area contributed by atoms with E-state index in [4.69, 9.17) is 0 Å². The van der Waals surface area contributed by atoms with Gasteiger partial charge in [-0.3, -0.25) is 9.59 Å². The molecule has 3 aromatic rings. The van der Waals surface area contributed by atoms with Crippen LogP contribution >= 0.6 is 7.79 Å². The molecule has 7 heteroatoms. The topological polar surface area (TPSA) is 64.1 Å². The van der Waals surface area contributed by atoms with Crippen LogP contribution in [0.25, 0.3) is 0 Å². The average molecular weight is 446 g/mol. The van der Waals surface area contributed by atoms with Gasteiger partial charge in [0.2, 0.25) is 11.8 Å². The maximum atomic E-state index is 13.7. The normalized spacial score (nSPS) is 20.3. The SMILES string of the molecule is Cc1ccc(N2C(=O)CC([P]3(O)N(c4ccccc4)CCN3c3ccccc3)C2=O)cc1. The number of imide groups is 1. The average Bonchev–Trinajstić information content (AvgIpc) is 3.32. The number of benzene rings is 3. The molecular weight excluding hydrogens is 421 g/mol. The van der Waals surface area contributed by atoms with E-state index in [9.17, 15) is 14.5 Å². The van der Waals surface area contributed by atoms with Crippen LogP contribution in [-0.2, 0) is 9.59 Å². The molecule has 0 aromatic heterocycles. The van der Waals surface area contributed by atoms with E-state index in [1.807, 2.05) is 89.1 Å². The molecule has 2 aliphatic heterocycles. The van der Waals surface area contributed by atoms with Crippen molar-refractivity contribution in [2.24, 2.45) is 0 Å². The molecule has 0 bridgehead atoms. The summed E-state index contributed by atoms with van der Waals surface area (Å²) in [6.07, 6.45) is -0.0103. The molecule has 0 aliphatic carbocycles. The van der Waals surface area contributed by atoms with Crippen LogP contribution in [0.3, 0.4) is 0 Å². The van der Waals surface area contributed by atoms with Crippen molar-refractivity contribution in [2.45, 2.75) is 19.0 Å². The van der Waals surface area contributed by atoms with Gasteiger partial charge in [-0.05, 0) is 43.3 Å². The number of hydrogen-bond acceptors (Lipinski definition) is 5. The summed E-state index contributed by atoms with van der Waals surface area (Å²) in [6.45, 7) is 3.11. The summed E-state index contributed by atoms with van der Waals surface area (Å²) in [5.74, 6) is -0.608. The predicted molar refractivity (Wildman–Crippen MR) is 129 cm³/mol. The molecule has 2 heterocycles. The first-order valence-electron chi connectivity index (χ1n) is 10.7. The number of aryl methyl sites for hydroxylation is 1. The largest absolute Gasteiger partial charge is 0.345 e. The van der Waals surface area contributed by atoms with Crippen molar-refractivity contribution >= 4 is 36.7 Å². The number of rotatable bonds is 4. The van der Waals surface area contributed by atoms with Crippen molar-refractivity contribution in [1.29, 1.82) is 0 Å². The van der Waals surface area contributed by atoms with Gasteiger partial charge in [-0.2, -0.15) is 0 Å². The predicted octanol–water partition coefficient (Wildman–Crippen LogP) is 4.41. The Morgan fingerprint density at radius 2 is 1.25 bits per heavy atom. The number of para-hydroxylation sites is 2. The van der Waals surface area contributed by atoms with Gasteiger partial charge in [0, 0.05) is 30.9 Å². The van der Waals surface area contributed by atoms with Crippen LogP contribution in [0.5, 0.6) is 0 Å². The van der Waals surface area contributed by atoms with Crippen LogP contribution in [0.1, 0.15) is 12.0 Å². The molecule has 2 aliphatic rings. The standard InChI is InChI=1S/C25H25N3O3P/c1-19-12-14-22(15-13-19)28-24(29)18-23(25(28)30)32(31)26(20-8-4-2-5-9-20)16-17-27(32)21-10-6-3-7-11-21/h2-15,23,31H,16-18H2,1H3. The molecule has 2 amide bonds. The fourth-order valence-corrected chi connectivity index (χ4v) is 8.06. The first-order chi connectivity index (χ1) is 15.5. The van der Waals surface area contributed by atoms with Crippen molar-refractivity contribution in [3.63, 3.8) is 0 Å². The van der Waals surface area contributed by atoms with Crippen LogP contribution < -0.4 is 14.2 Å². The Morgan fingerprint density at radius 1 is 0.750 bits per heavy atom. The van der Waals surface area contributed by atoms with Gasteiger partial charge in [0.1, 0.15) is 5.66 Å². The molecule has 5 rings (SSSR count). The summed E-state index contributed by atoms with van der Waals surface area (Å²) < 4.78 is 3.91. The van der Waals surface area contributed by atoms with Crippen LogP contribution in [0, 0.1) is 6.92 Å². The van der Waals surface area contributed by atoms with Gasteiger partial charge in [0.15, 0.2) is 7.79 Å². The van der Waals surface area contributed by atoms with E-state index >= 15 is 0 Å². The number of carbonyl (C=O) groups excluding carboxylic acids is 2. The Morgan fingerprint density at radius 3 is 1.75 bits per heavy atom. The molecule has 1 N–H and O–H groups in total. The third kappa shape index (κ3) is 3.27. The molecule has 2 fully saturated rings. The highest BCUT2D eigenvalue weighted by Gasteiger charge is 2.58. The summed E-state index contributed by atoms with van der Waals surface area (Å²) in [7, 11) is -3.24. The zero-order chi connectivity index (χ0) is 22.3. The lowest BCUT2D eigenvalue weighted by atomic mass is 10.2. The van der Waals surface area contributed by atoms with E-state index in [2.05, 4.69) is 0 Å². The highest BCUT2D eigenvalue weighted by Crippen LogP contribution is 2.71. The van der Waals surface area contributed by atoms with E-state index in [1.54, 1.807) is 12.1 Å². The van der Waals surface area contributed by atoms with E-state index in [1.165, 1.54) is 4.90 Å². The molecule has 2 saturated heterocycles. The van der Waals surface area contributed by atoms with Crippen LogP contribution in [-0.4, -0.2) is 35.5 Å². The quantitative estimate of drug-likeness (QED) is 0.475. The minimum atomic E-state index is -3.24. The summed E-state index contributed by atoms with van der Waals surface area (Å²) in [5.41, 5.74) is 2.50. The zero-order valence-electron chi connectivity index (χ0n) is 17.8. The van der Waals surface area contributed by atoms with Gasteiger partial charge in [-0.15, -0.1) is 0 Å². The van der Waals surface area contributed by atoms with Crippen LogP contribution in [0.2, 0.25) is 0 Å². The molecule has 0 saturated carbocycles. The lowest BCUT2D eigenvalue weighted by molar-refractivity contribution is -0.121. The van der Waals surface area contributed by atoms with Gasteiger partial charge in [-0.1, -0.05) is 54.1 Å². The first-order valence-corrected chi connectivity index (χ1v) is 12.4. The molecule has 1 unspecified atom stereocenters. The lowest BCUT2D eigenvalue weighted by Crippen LogP contribution is -2.39. The third-order valence-electron chi connectivity index (χ3n) is 6.18. The fourth-order valence-electron chi connectivity index (χ4n) is 4.60. The number of amides is 2. The van der Waals surface area contributed by atoms with Gasteiger partial charge < -0.3 is 14.2 Å². The Hall–Kier alpha value is -3.21. The molecule has 1 radical (unpaired) electrons. The monoisotopic (exact) mass is 446 g/mol. The summed E-state index contributed by atoms with van der Waals surface area (Å²) in [4.78, 5) is 40.3. The maximum absolute atomic E-state index is 13.7. The summed E-state index contributed by atoms with van der Waals surface area (Å²) in [5, 5.41) is 0. The lowest BCUT2D eigenvalue weighted by Gasteiger charge is -2.45. The molecule has 1 atom stereocenters. The second-order valence-electron chi connectivity index (χ2n) is 8.15. The van der Waals surface area contributed by atoms with Crippen LogP contribution in [0.15, 0.2) is 84.9 Å². The van der Waals surface area contributed by atoms with Gasteiger partial charge >= 0.3 is 0 Å². The molecule has 0 spiro atoms. The number of anilines is 3. The Labute approximate surface area is 188 Å². The minimum absolute atomic E-state index is 0.0103. The van der Waals surface area contributed by atoms with Gasteiger partial charge in [-0.25, -0.2) is 4.90 Å². The third-order valence-corrected chi connectivity index (χ3v) is 9.70. The Bertz CT molecular complexity index is 1090. The number of nitrogens with zero attached hydrogens (tertiary/aromatic N) is 3. The molecule has 3 aromatic carbocycles. The van der Waals surface area contributed by atoms with Crippen molar-refractivity contribution in [3.05, 3.63) is 90.5 Å². The van der Waals surface area contributed by atoms with E-state index < -0.39 is 13.4 Å². The molecule has 32 heavy (non-hydrogen) atoms. The van der Waals surface area contributed by atoms with E-state index in [0.717, 1.165) is 16.9 Å². The molecular formula is C25H25N3O3P. The molecule has 163 valence electrons. The summed E-state index contributed by atoms with van der Waals surface area (Å²) in [6, 6.07) is 26.7. The van der Waals surface area contributed by atoms with Crippen LogP contribution in [0.4, 0.5) is 17.1 Å². The Kier molecular flexibility index (Phi) is 5.20. The summed E-state index contributed by atoms with van der Waals surface area (Å²) >= 11 is 0. The highest BCUT2D eigenvalue weighted by atomic mass is 31.2. The van der Waals surface area contributed by atoms with Gasteiger partial charge in [0.05, 0.1) is 5.69 Å². The van der Waals surface area contributed by atoms with Crippen molar-refractivity contribution in [3.8, 4) is 0 Å². The van der Waals surface area contributed by atoms with Gasteiger partial charge in [0.25, 0.3) is 0 Å². The second-order valence-corrected chi connectivity index (χ2v) is 11.0. The Balaban J connectivity index is 1.58. The number of carbonyl (C=O) groups is 2. The van der Waals surface area contributed by atoms with E-state index in [0.29, 0.717) is 18.8 Å². The highest BCUT2D eigenvalue weighted by molar-refractivity contribution is 7.75. The zero-order valence-corrected chi connectivity index (χ0v) is 18.7. The van der Waals surface area contributed by atoms with Crippen molar-refractivity contribution < 1.29 is 14.5 Å². The first kappa shape index (κ1) is 20.7. The fraction of sp³-hybridized carbons (Fsp3) is 0.200. The number of hydrogen-bond donors (Lipinski definition) is 1.